The molecule has 3 nitrogen and oxygen atoms in total. The van der Waals surface area contributed by atoms with E-state index >= 15 is 0 Å². The van der Waals surface area contributed by atoms with Gasteiger partial charge in [0.2, 0.25) is 11.2 Å². The highest BCUT2D eigenvalue weighted by Gasteiger charge is 2.20. The van der Waals surface area contributed by atoms with Crippen molar-refractivity contribution >= 4 is 34.2 Å². The Labute approximate surface area is 165 Å². The van der Waals surface area contributed by atoms with E-state index in [2.05, 4.69) is 0 Å². The molecule has 0 saturated carbocycles. The Morgan fingerprint density at radius 3 is 2.41 bits per heavy atom. The van der Waals surface area contributed by atoms with Gasteiger partial charge in [0.1, 0.15) is 12.2 Å². The van der Waals surface area contributed by atoms with Gasteiger partial charge in [0.15, 0.2) is 5.76 Å². The summed E-state index contributed by atoms with van der Waals surface area (Å²) in [6.45, 7) is 0.238. The Kier molecular flexibility index (Phi) is 4.88. The molecule has 0 spiro atoms. The highest BCUT2D eigenvalue weighted by Crippen LogP contribution is 2.36. The number of hydrogen-bond acceptors (Lipinski definition) is 3. The molecule has 1 heterocycles. The Balaban J connectivity index is 1.89. The second kappa shape index (κ2) is 7.47. The minimum Gasteiger partial charge on any atom is -0.481 e. The molecule has 4 aromatic rings. The average Bonchev–Trinajstić information content (AvgIpc) is 2.68. The summed E-state index contributed by atoms with van der Waals surface area (Å²) in [6.07, 6.45) is 0. The topological polar surface area (TPSA) is 39.4 Å². The molecule has 1 aromatic heterocycles. The van der Waals surface area contributed by atoms with Crippen LogP contribution in [0.2, 0.25) is 10.0 Å². The summed E-state index contributed by atoms with van der Waals surface area (Å²) >= 11 is 12.4. The first-order valence-corrected chi connectivity index (χ1v) is 9.07. The zero-order chi connectivity index (χ0) is 18.8. The van der Waals surface area contributed by atoms with Crippen LogP contribution in [-0.4, -0.2) is 0 Å². The highest BCUT2D eigenvalue weighted by atomic mass is 35.5. The van der Waals surface area contributed by atoms with E-state index in [1.807, 2.05) is 36.4 Å². The van der Waals surface area contributed by atoms with Crippen LogP contribution in [0.1, 0.15) is 5.56 Å². The minimum atomic E-state index is -0.242. The molecule has 0 unspecified atom stereocenters. The molecular weight excluding hydrogens is 383 g/mol. The average molecular weight is 397 g/mol. The van der Waals surface area contributed by atoms with E-state index in [1.54, 1.807) is 36.4 Å². The van der Waals surface area contributed by atoms with Crippen LogP contribution in [0.3, 0.4) is 0 Å². The van der Waals surface area contributed by atoms with Crippen molar-refractivity contribution in [3.05, 3.63) is 98.6 Å². The summed E-state index contributed by atoms with van der Waals surface area (Å²) in [6, 6.07) is 21.7. The van der Waals surface area contributed by atoms with Crippen LogP contribution in [0.4, 0.5) is 0 Å². The SMILES string of the molecule is O=c1c(OCc2ccccc2)c(-c2ccc(Cl)cc2Cl)oc2ccccc12. The smallest absolute Gasteiger partial charge is 0.235 e. The third-order valence-corrected chi connectivity index (χ3v) is 4.71. The van der Waals surface area contributed by atoms with Gasteiger partial charge in [-0.3, -0.25) is 4.79 Å². The van der Waals surface area contributed by atoms with Crippen molar-refractivity contribution in [2.24, 2.45) is 0 Å². The van der Waals surface area contributed by atoms with E-state index in [-0.39, 0.29) is 23.5 Å². The lowest BCUT2D eigenvalue weighted by molar-refractivity contribution is 0.298. The first-order chi connectivity index (χ1) is 13.1. The van der Waals surface area contributed by atoms with E-state index in [0.29, 0.717) is 26.6 Å². The van der Waals surface area contributed by atoms with Crippen LogP contribution in [-0.2, 0) is 6.61 Å². The van der Waals surface area contributed by atoms with Crippen molar-refractivity contribution in [2.45, 2.75) is 6.61 Å². The minimum absolute atomic E-state index is 0.127. The van der Waals surface area contributed by atoms with E-state index in [0.717, 1.165) is 5.56 Å². The Bertz CT molecular complexity index is 1170. The van der Waals surface area contributed by atoms with Gasteiger partial charge in [0, 0.05) is 10.6 Å². The number of fused-ring (bicyclic) bond motifs is 1. The fourth-order valence-corrected chi connectivity index (χ4v) is 3.33. The second-order valence-corrected chi connectivity index (χ2v) is 6.83. The van der Waals surface area contributed by atoms with E-state index < -0.39 is 0 Å². The number of hydrogen-bond donors (Lipinski definition) is 0. The maximum Gasteiger partial charge on any atom is 0.235 e. The van der Waals surface area contributed by atoms with Gasteiger partial charge in [-0.2, -0.15) is 0 Å². The van der Waals surface area contributed by atoms with Crippen molar-refractivity contribution in [3.8, 4) is 17.1 Å². The predicted octanol–water partition coefficient (Wildman–Crippen LogP) is 6.35. The van der Waals surface area contributed by atoms with Crippen LogP contribution in [0.5, 0.6) is 5.75 Å². The zero-order valence-electron chi connectivity index (χ0n) is 14.1. The molecule has 0 aliphatic carbocycles. The maximum atomic E-state index is 13.1. The molecule has 27 heavy (non-hydrogen) atoms. The lowest BCUT2D eigenvalue weighted by atomic mass is 10.1. The van der Waals surface area contributed by atoms with Gasteiger partial charge in [-0.05, 0) is 35.9 Å². The van der Waals surface area contributed by atoms with Crippen molar-refractivity contribution in [1.82, 2.24) is 0 Å². The zero-order valence-corrected chi connectivity index (χ0v) is 15.6. The van der Waals surface area contributed by atoms with E-state index in [4.69, 9.17) is 32.4 Å². The van der Waals surface area contributed by atoms with Gasteiger partial charge >= 0.3 is 0 Å². The lowest BCUT2D eigenvalue weighted by Crippen LogP contribution is -2.10. The molecule has 0 atom stereocenters. The molecular formula is C22H14Cl2O3. The molecule has 3 aromatic carbocycles. The van der Waals surface area contributed by atoms with Gasteiger partial charge < -0.3 is 9.15 Å². The van der Waals surface area contributed by atoms with Gasteiger partial charge in [-0.25, -0.2) is 0 Å². The summed E-state index contributed by atoms with van der Waals surface area (Å²) in [4.78, 5) is 13.1. The molecule has 0 aliphatic heterocycles. The molecule has 0 saturated heterocycles. The highest BCUT2D eigenvalue weighted by molar-refractivity contribution is 6.36. The predicted molar refractivity (Wildman–Crippen MR) is 109 cm³/mol. The van der Waals surface area contributed by atoms with Crippen molar-refractivity contribution in [3.63, 3.8) is 0 Å². The van der Waals surface area contributed by atoms with Gasteiger partial charge in [-0.15, -0.1) is 0 Å². The summed E-state index contributed by atoms with van der Waals surface area (Å²) in [5, 5.41) is 1.33. The number of halogens is 2. The molecule has 0 fully saturated rings. The third-order valence-electron chi connectivity index (χ3n) is 4.16. The van der Waals surface area contributed by atoms with E-state index in [1.165, 1.54) is 0 Å². The Morgan fingerprint density at radius 1 is 0.889 bits per heavy atom. The Morgan fingerprint density at radius 2 is 1.63 bits per heavy atom. The van der Waals surface area contributed by atoms with Gasteiger partial charge in [0.05, 0.1) is 10.4 Å². The molecule has 0 radical (unpaired) electrons. The summed E-state index contributed by atoms with van der Waals surface area (Å²) < 4.78 is 11.9. The van der Waals surface area contributed by atoms with Crippen molar-refractivity contribution in [1.29, 1.82) is 0 Å². The van der Waals surface area contributed by atoms with Crippen molar-refractivity contribution < 1.29 is 9.15 Å². The summed E-state index contributed by atoms with van der Waals surface area (Å²) in [7, 11) is 0. The largest absolute Gasteiger partial charge is 0.481 e. The molecule has 0 aliphatic rings. The third kappa shape index (κ3) is 3.57. The van der Waals surface area contributed by atoms with E-state index in [9.17, 15) is 4.79 Å². The van der Waals surface area contributed by atoms with Gasteiger partial charge in [0.25, 0.3) is 0 Å². The standard InChI is InChI=1S/C22H14Cl2O3/c23-15-10-11-16(18(24)12-15)21-22(26-13-14-6-2-1-3-7-14)20(25)17-8-4-5-9-19(17)27-21/h1-12H,13H2. The van der Waals surface area contributed by atoms with Crippen molar-refractivity contribution in [2.75, 3.05) is 0 Å². The number of ether oxygens (including phenoxy) is 1. The second-order valence-electron chi connectivity index (χ2n) is 5.98. The first kappa shape index (κ1) is 17.7. The maximum absolute atomic E-state index is 13.1. The van der Waals surface area contributed by atoms with Crippen LogP contribution in [0.15, 0.2) is 82.0 Å². The van der Waals surface area contributed by atoms with Crippen LogP contribution >= 0.6 is 23.2 Å². The molecule has 0 N–H and O–H groups in total. The molecule has 0 bridgehead atoms. The summed E-state index contributed by atoms with van der Waals surface area (Å²) in [5.74, 6) is 0.415. The number of rotatable bonds is 4. The first-order valence-electron chi connectivity index (χ1n) is 8.31. The molecule has 5 heteroatoms. The molecule has 4 rings (SSSR count). The fraction of sp³-hybridized carbons (Fsp3) is 0.0455. The van der Waals surface area contributed by atoms with Crippen LogP contribution in [0.25, 0.3) is 22.3 Å². The quantitative estimate of drug-likeness (QED) is 0.403. The lowest BCUT2D eigenvalue weighted by Gasteiger charge is -2.13. The Hall–Kier alpha value is -2.75. The fourth-order valence-electron chi connectivity index (χ4n) is 2.84. The molecule has 134 valence electrons. The monoisotopic (exact) mass is 396 g/mol. The number of para-hydroxylation sites is 1. The van der Waals surface area contributed by atoms with Crippen LogP contribution in [0, 0.1) is 0 Å². The molecule has 0 amide bonds. The van der Waals surface area contributed by atoms with Gasteiger partial charge in [-0.1, -0.05) is 65.7 Å². The number of benzene rings is 3. The normalized spacial score (nSPS) is 10.9. The summed E-state index contributed by atoms with van der Waals surface area (Å²) in [5.41, 5.74) is 1.72. The van der Waals surface area contributed by atoms with Crippen LogP contribution < -0.4 is 10.2 Å².